The summed E-state index contributed by atoms with van der Waals surface area (Å²) >= 11 is 0. The van der Waals surface area contributed by atoms with E-state index >= 15 is 0 Å². The Labute approximate surface area is 168 Å². The lowest BCUT2D eigenvalue weighted by atomic mass is 10.1. The third-order valence-corrected chi connectivity index (χ3v) is 4.78. The number of benzene rings is 1. The first-order valence-corrected chi connectivity index (χ1v) is 12.2. The minimum absolute atomic E-state index is 0.00845. The molecule has 0 spiro atoms. The van der Waals surface area contributed by atoms with Crippen LogP contribution in [0.1, 0.15) is 23.9 Å². The standard InChI is InChI=1S/C19H16F5N3O2Si/c1-18(20,21)16-12(7-8-30(2,3)4)26-13(9-25-16)10-5-6-11(19(22,23)24)14-15(10)29-17(28)27-14/h5-6,9H,1-4H3,(H,27,28). The average Bonchev–Trinajstić information content (AvgIpc) is 2.97. The van der Waals surface area contributed by atoms with Crippen LogP contribution in [0.4, 0.5) is 22.0 Å². The van der Waals surface area contributed by atoms with E-state index in [1.165, 1.54) is 0 Å². The Balaban J connectivity index is 2.28. The van der Waals surface area contributed by atoms with Crippen LogP contribution in [0.15, 0.2) is 27.5 Å². The van der Waals surface area contributed by atoms with E-state index in [0.29, 0.717) is 6.92 Å². The molecular weight excluding hydrogens is 425 g/mol. The summed E-state index contributed by atoms with van der Waals surface area (Å²) in [6.45, 7) is 6.39. The number of halogens is 5. The van der Waals surface area contributed by atoms with Crippen molar-refractivity contribution in [1.29, 1.82) is 0 Å². The summed E-state index contributed by atoms with van der Waals surface area (Å²) in [6, 6.07) is 1.80. The third-order valence-electron chi connectivity index (χ3n) is 3.91. The topological polar surface area (TPSA) is 71.8 Å². The van der Waals surface area contributed by atoms with E-state index in [4.69, 9.17) is 4.42 Å². The van der Waals surface area contributed by atoms with Crippen molar-refractivity contribution < 1.29 is 26.4 Å². The minimum atomic E-state index is -4.74. The van der Waals surface area contributed by atoms with Gasteiger partial charge in [-0.05, 0) is 12.1 Å². The number of hydrogen-bond donors (Lipinski definition) is 1. The molecule has 158 valence electrons. The Kier molecular flexibility index (Phi) is 5.10. The Bertz CT molecular complexity index is 1240. The molecule has 0 fully saturated rings. The summed E-state index contributed by atoms with van der Waals surface area (Å²) in [5.41, 5.74) is -0.126. The van der Waals surface area contributed by atoms with Gasteiger partial charge in [0.15, 0.2) is 5.58 Å². The molecule has 30 heavy (non-hydrogen) atoms. The molecule has 0 radical (unpaired) electrons. The van der Waals surface area contributed by atoms with Crippen LogP contribution in [-0.4, -0.2) is 23.0 Å². The molecule has 0 atom stereocenters. The summed E-state index contributed by atoms with van der Waals surface area (Å²) < 4.78 is 72.5. The third kappa shape index (κ3) is 4.43. The first-order valence-electron chi connectivity index (χ1n) is 8.69. The SMILES string of the molecule is CC(F)(F)c1ncc(-c2ccc(C(F)(F)F)c3[nH]c(=O)oc23)nc1C#C[Si](C)(C)C. The van der Waals surface area contributed by atoms with Gasteiger partial charge in [0.1, 0.15) is 25.0 Å². The number of fused-ring (bicyclic) bond motifs is 1. The molecule has 0 bridgehead atoms. The van der Waals surface area contributed by atoms with Crippen molar-refractivity contribution in [3.05, 3.63) is 45.8 Å². The second-order valence-electron chi connectivity index (χ2n) is 7.72. The number of rotatable bonds is 2. The van der Waals surface area contributed by atoms with E-state index in [-0.39, 0.29) is 17.0 Å². The molecule has 0 aliphatic carbocycles. The second kappa shape index (κ2) is 7.05. The largest absolute Gasteiger partial charge is 0.418 e. The smallest absolute Gasteiger partial charge is 0.407 e. The van der Waals surface area contributed by atoms with Crippen molar-refractivity contribution in [3.63, 3.8) is 0 Å². The number of H-pyrrole nitrogens is 1. The van der Waals surface area contributed by atoms with Crippen LogP contribution in [0.25, 0.3) is 22.4 Å². The van der Waals surface area contributed by atoms with E-state index in [0.717, 1.165) is 18.3 Å². The highest BCUT2D eigenvalue weighted by molar-refractivity contribution is 6.83. The fraction of sp³-hybridized carbons (Fsp3) is 0.316. The quantitative estimate of drug-likeness (QED) is 0.348. The van der Waals surface area contributed by atoms with Gasteiger partial charge in [0.25, 0.3) is 5.92 Å². The van der Waals surface area contributed by atoms with Gasteiger partial charge in [-0.2, -0.15) is 22.0 Å². The predicted octanol–water partition coefficient (Wildman–Crippen LogP) is 4.94. The van der Waals surface area contributed by atoms with Gasteiger partial charge in [0.05, 0.1) is 17.5 Å². The van der Waals surface area contributed by atoms with Crippen molar-refractivity contribution >= 4 is 19.2 Å². The van der Waals surface area contributed by atoms with Gasteiger partial charge in [0.2, 0.25) is 0 Å². The Hall–Kier alpha value is -3.00. The van der Waals surface area contributed by atoms with Crippen molar-refractivity contribution in [2.45, 2.75) is 38.7 Å². The molecule has 0 amide bonds. The number of nitrogens with one attached hydrogen (secondary N) is 1. The van der Waals surface area contributed by atoms with E-state index < -0.39 is 48.3 Å². The van der Waals surface area contributed by atoms with Gasteiger partial charge in [-0.25, -0.2) is 14.8 Å². The lowest BCUT2D eigenvalue weighted by Crippen LogP contribution is -2.18. The molecular formula is C19H16F5N3O2Si. The molecule has 0 aliphatic rings. The fourth-order valence-electron chi connectivity index (χ4n) is 2.64. The van der Waals surface area contributed by atoms with E-state index in [1.54, 1.807) is 0 Å². The minimum Gasteiger partial charge on any atom is -0.407 e. The molecule has 3 rings (SSSR count). The lowest BCUT2D eigenvalue weighted by Gasteiger charge is -2.13. The molecule has 1 N–H and O–H groups in total. The molecule has 2 aromatic heterocycles. The average molecular weight is 441 g/mol. The van der Waals surface area contributed by atoms with E-state index in [2.05, 4.69) is 21.4 Å². The molecule has 5 nitrogen and oxygen atoms in total. The van der Waals surface area contributed by atoms with Crippen molar-refractivity contribution in [3.8, 4) is 22.7 Å². The first kappa shape index (κ1) is 21.7. The zero-order chi connectivity index (χ0) is 22.5. The molecule has 2 heterocycles. The monoisotopic (exact) mass is 441 g/mol. The Morgan fingerprint density at radius 2 is 1.80 bits per heavy atom. The lowest BCUT2D eigenvalue weighted by molar-refractivity contribution is -0.136. The van der Waals surface area contributed by atoms with Crippen LogP contribution in [0, 0.1) is 11.5 Å². The van der Waals surface area contributed by atoms with Crippen LogP contribution >= 0.6 is 0 Å². The van der Waals surface area contributed by atoms with Crippen molar-refractivity contribution in [2.75, 3.05) is 0 Å². The number of aromatic amines is 1. The molecule has 11 heteroatoms. The van der Waals surface area contributed by atoms with Gasteiger partial charge in [0, 0.05) is 12.5 Å². The summed E-state index contributed by atoms with van der Waals surface area (Å²) in [5.74, 6) is -1.78. The number of aromatic nitrogens is 3. The maximum absolute atomic E-state index is 14.0. The molecule has 0 saturated carbocycles. The summed E-state index contributed by atoms with van der Waals surface area (Å²) in [5, 5.41) is 0. The number of alkyl halides is 5. The Morgan fingerprint density at radius 1 is 1.13 bits per heavy atom. The van der Waals surface area contributed by atoms with Crippen LogP contribution in [0.2, 0.25) is 19.6 Å². The Morgan fingerprint density at radius 3 is 2.37 bits per heavy atom. The van der Waals surface area contributed by atoms with Crippen LogP contribution in [-0.2, 0) is 12.1 Å². The van der Waals surface area contributed by atoms with E-state index in [1.807, 2.05) is 24.6 Å². The van der Waals surface area contributed by atoms with Crippen molar-refractivity contribution in [2.24, 2.45) is 0 Å². The highest BCUT2D eigenvalue weighted by Gasteiger charge is 2.35. The number of oxazole rings is 1. The van der Waals surface area contributed by atoms with Gasteiger partial charge in [-0.1, -0.05) is 25.6 Å². The second-order valence-corrected chi connectivity index (χ2v) is 12.5. The van der Waals surface area contributed by atoms with Crippen LogP contribution in [0.3, 0.4) is 0 Å². The van der Waals surface area contributed by atoms with Crippen LogP contribution < -0.4 is 5.76 Å². The fourth-order valence-corrected chi connectivity index (χ4v) is 3.14. The molecule has 0 unspecified atom stereocenters. The normalized spacial score (nSPS) is 12.7. The molecule has 1 aromatic carbocycles. The number of nitrogens with zero attached hydrogens (tertiary/aromatic N) is 2. The predicted molar refractivity (Wildman–Crippen MR) is 103 cm³/mol. The van der Waals surface area contributed by atoms with Gasteiger partial charge < -0.3 is 4.42 Å². The maximum atomic E-state index is 14.0. The van der Waals surface area contributed by atoms with Crippen LogP contribution in [0.5, 0.6) is 0 Å². The summed E-state index contributed by atoms with van der Waals surface area (Å²) in [4.78, 5) is 21.5. The van der Waals surface area contributed by atoms with E-state index in [9.17, 15) is 26.7 Å². The zero-order valence-corrected chi connectivity index (χ0v) is 17.3. The highest BCUT2D eigenvalue weighted by atomic mass is 28.3. The van der Waals surface area contributed by atoms with Gasteiger partial charge in [-0.15, -0.1) is 5.54 Å². The first-order chi connectivity index (χ1) is 13.7. The molecule has 3 aromatic rings. The number of hydrogen-bond acceptors (Lipinski definition) is 4. The van der Waals surface area contributed by atoms with Gasteiger partial charge in [-0.3, -0.25) is 4.98 Å². The zero-order valence-electron chi connectivity index (χ0n) is 16.3. The van der Waals surface area contributed by atoms with Crippen molar-refractivity contribution in [1.82, 2.24) is 15.0 Å². The summed E-state index contributed by atoms with van der Waals surface area (Å²) in [6.07, 6.45) is -3.75. The van der Waals surface area contributed by atoms with Gasteiger partial charge >= 0.3 is 11.9 Å². The summed E-state index contributed by atoms with van der Waals surface area (Å²) in [7, 11) is -1.95. The molecule has 0 saturated heterocycles. The molecule has 0 aliphatic heterocycles. The maximum Gasteiger partial charge on any atom is 0.418 e. The highest BCUT2D eigenvalue weighted by Crippen LogP contribution is 2.37.